The summed E-state index contributed by atoms with van der Waals surface area (Å²) in [6.07, 6.45) is 4.88. The fraction of sp³-hybridized carbons (Fsp3) is 0.412. The van der Waals surface area contributed by atoms with Crippen molar-refractivity contribution in [2.24, 2.45) is 5.92 Å². The second-order valence-corrected chi connectivity index (χ2v) is 5.94. The molecular formula is C17H19N3O3. The fourth-order valence-electron chi connectivity index (χ4n) is 2.89. The van der Waals surface area contributed by atoms with E-state index in [2.05, 4.69) is 21.4 Å². The minimum absolute atomic E-state index is 0.0369. The summed E-state index contributed by atoms with van der Waals surface area (Å²) in [6, 6.07) is 3.95. The van der Waals surface area contributed by atoms with Crippen LogP contribution < -0.4 is 10.1 Å². The Hall–Kier alpha value is -2.34. The van der Waals surface area contributed by atoms with Gasteiger partial charge in [0.2, 0.25) is 11.9 Å². The van der Waals surface area contributed by atoms with Crippen LogP contribution >= 0.6 is 0 Å². The van der Waals surface area contributed by atoms with Gasteiger partial charge in [0.15, 0.2) is 0 Å². The number of hydrogen-bond donors (Lipinski definition) is 2. The molecule has 23 heavy (non-hydrogen) atoms. The van der Waals surface area contributed by atoms with Crippen LogP contribution in [-0.2, 0) is 9.53 Å². The Kier molecular flexibility index (Phi) is 3.53. The first-order chi connectivity index (χ1) is 11.3. The van der Waals surface area contributed by atoms with E-state index < -0.39 is 0 Å². The number of amides is 1. The fourth-order valence-corrected chi connectivity index (χ4v) is 2.89. The number of benzene rings is 1. The summed E-state index contributed by atoms with van der Waals surface area (Å²) in [7, 11) is 1.63. The zero-order chi connectivity index (χ0) is 15.8. The van der Waals surface area contributed by atoms with Crippen molar-refractivity contribution in [3.8, 4) is 5.75 Å². The molecule has 120 valence electrons. The molecule has 2 aliphatic rings. The summed E-state index contributed by atoms with van der Waals surface area (Å²) >= 11 is 0. The number of aromatic amines is 1. The molecule has 1 amide bonds. The molecule has 0 saturated heterocycles. The number of nitrogens with zero attached hydrogens (tertiary/aromatic N) is 1. The van der Waals surface area contributed by atoms with Gasteiger partial charge in [-0.05, 0) is 37.0 Å². The molecule has 0 radical (unpaired) electrons. The number of nitrogens with one attached hydrogen (secondary N) is 2. The van der Waals surface area contributed by atoms with Crippen LogP contribution in [0, 0.1) is 5.92 Å². The van der Waals surface area contributed by atoms with Crippen LogP contribution in [0.4, 0.5) is 5.95 Å². The maximum atomic E-state index is 12.0. The quantitative estimate of drug-likeness (QED) is 0.910. The van der Waals surface area contributed by atoms with Crippen LogP contribution in [0.1, 0.15) is 24.8 Å². The van der Waals surface area contributed by atoms with Crippen molar-refractivity contribution in [2.75, 3.05) is 25.6 Å². The Morgan fingerprint density at radius 3 is 3.00 bits per heavy atom. The maximum absolute atomic E-state index is 12.0. The monoisotopic (exact) mass is 313 g/mol. The molecule has 1 aromatic heterocycles. The number of aromatic nitrogens is 2. The summed E-state index contributed by atoms with van der Waals surface area (Å²) in [4.78, 5) is 19.7. The predicted molar refractivity (Wildman–Crippen MR) is 87.4 cm³/mol. The first-order valence-corrected chi connectivity index (χ1v) is 7.91. The predicted octanol–water partition coefficient (Wildman–Crippen LogP) is 2.72. The summed E-state index contributed by atoms with van der Waals surface area (Å²) < 4.78 is 10.8. The maximum Gasteiger partial charge on any atom is 0.229 e. The third-order valence-electron chi connectivity index (χ3n) is 4.33. The molecule has 2 aromatic rings. The van der Waals surface area contributed by atoms with E-state index in [4.69, 9.17) is 9.47 Å². The van der Waals surface area contributed by atoms with Gasteiger partial charge in [-0.25, -0.2) is 4.98 Å². The minimum Gasteiger partial charge on any atom is -0.494 e. The van der Waals surface area contributed by atoms with Gasteiger partial charge in [-0.2, -0.15) is 0 Å². The van der Waals surface area contributed by atoms with Crippen molar-refractivity contribution in [1.29, 1.82) is 0 Å². The van der Waals surface area contributed by atoms with E-state index in [0.29, 0.717) is 12.6 Å². The number of carbonyl (C=O) groups is 1. The van der Waals surface area contributed by atoms with Crippen LogP contribution in [-0.4, -0.2) is 36.2 Å². The molecule has 0 unspecified atom stereocenters. The zero-order valence-corrected chi connectivity index (χ0v) is 13.0. The number of anilines is 1. The number of ether oxygens (including phenoxy) is 2. The Labute approximate surface area is 133 Å². The van der Waals surface area contributed by atoms with Gasteiger partial charge < -0.3 is 14.5 Å². The van der Waals surface area contributed by atoms with E-state index in [1.807, 2.05) is 12.1 Å². The molecular weight excluding hydrogens is 294 g/mol. The average Bonchev–Trinajstić information content (AvgIpc) is 3.35. The van der Waals surface area contributed by atoms with Gasteiger partial charge in [-0.15, -0.1) is 0 Å². The smallest absolute Gasteiger partial charge is 0.229 e. The topological polar surface area (TPSA) is 76.2 Å². The number of methoxy groups -OCH3 is 1. The van der Waals surface area contributed by atoms with E-state index in [9.17, 15) is 4.79 Å². The van der Waals surface area contributed by atoms with E-state index >= 15 is 0 Å². The normalized spacial score (nSPS) is 17.9. The van der Waals surface area contributed by atoms with Crippen molar-refractivity contribution < 1.29 is 14.3 Å². The molecule has 0 bridgehead atoms. The molecule has 1 aliphatic carbocycles. The average molecular weight is 313 g/mol. The zero-order valence-electron chi connectivity index (χ0n) is 13.0. The number of fused-ring (bicyclic) bond motifs is 1. The molecule has 2 N–H and O–H groups in total. The lowest BCUT2D eigenvalue weighted by atomic mass is 10.00. The van der Waals surface area contributed by atoms with Gasteiger partial charge in [0, 0.05) is 11.5 Å². The standard InChI is InChI=1S/C17H19N3O3/c1-22-13-5-4-12(10-6-8-23-9-7-10)14-15(13)19-17(18-14)20-16(21)11-2-3-11/h4-6,11H,2-3,7-9H2,1H3,(H2,18,19,20,21). The summed E-state index contributed by atoms with van der Waals surface area (Å²) in [5.41, 5.74) is 3.91. The van der Waals surface area contributed by atoms with E-state index in [1.54, 1.807) is 7.11 Å². The second kappa shape index (κ2) is 5.70. The summed E-state index contributed by atoms with van der Waals surface area (Å²) in [5.74, 6) is 1.38. The van der Waals surface area contributed by atoms with Crippen molar-refractivity contribution in [3.05, 3.63) is 23.8 Å². The largest absolute Gasteiger partial charge is 0.494 e. The van der Waals surface area contributed by atoms with Crippen LogP contribution in [0.2, 0.25) is 0 Å². The van der Waals surface area contributed by atoms with E-state index in [1.165, 1.54) is 5.57 Å². The van der Waals surface area contributed by atoms with Gasteiger partial charge in [0.1, 0.15) is 16.8 Å². The lowest BCUT2D eigenvalue weighted by Gasteiger charge is -2.14. The van der Waals surface area contributed by atoms with Crippen molar-refractivity contribution in [3.63, 3.8) is 0 Å². The van der Waals surface area contributed by atoms with Gasteiger partial charge >= 0.3 is 0 Å². The molecule has 4 rings (SSSR count). The highest BCUT2D eigenvalue weighted by atomic mass is 16.5. The third kappa shape index (κ3) is 2.70. The number of H-pyrrole nitrogens is 1. The van der Waals surface area contributed by atoms with Crippen LogP contribution in [0.15, 0.2) is 18.2 Å². The molecule has 1 aliphatic heterocycles. The molecule has 1 fully saturated rings. The molecule has 1 aromatic carbocycles. The van der Waals surface area contributed by atoms with Gasteiger partial charge in [0.05, 0.1) is 20.3 Å². The van der Waals surface area contributed by atoms with Crippen LogP contribution in [0.25, 0.3) is 16.6 Å². The molecule has 0 atom stereocenters. The number of rotatable bonds is 4. The van der Waals surface area contributed by atoms with E-state index in [0.717, 1.165) is 48.2 Å². The van der Waals surface area contributed by atoms with Crippen LogP contribution in [0.5, 0.6) is 5.75 Å². The Morgan fingerprint density at radius 2 is 2.30 bits per heavy atom. The highest BCUT2D eigenvalue weighted by Gasteiger charge is 2.30. The number of hydrogen-bond acceptors (Lipinski definition) is 4. The summed E-state index contributed by atoms with van der Waals surface area (Å²) in [5, 5.41) is 2.87. The number of carbonyl (C=O) groups excluding carboxylic acids is 1. The van der Waals surface area contributed by atoms with E-state index in [-0.39, 0.29) is 11.8 Å². The van der Waals surface area contributed by atoms with Crippen molar-refractivity contribution in [1.82, 2.24) is 9.97 Å². The number of imidazole rings is 1. The highest BCUT2D eigenvalue weighted by molar-refractivity contribution is 5.97. The molecule has 6 heteroatoms. The molecule has 2 heterocycles. The van der Waals surface area contributed by atoms with Crippen molar-refractivity contribution in [2.45, 2.75) is 19.3 Å². The lowest BCUT2D eigenvalue weighted by Crippen LogP contribution is -2.14. The molecule has 1 saturated carbocycles. The molecule has 0 spiro atoms. The highest BCUT2D eigenvalue weighted by Crippen LogP contribution is 2.34. The SMILES string of the molecule is COc1ccc(C2=CCOCC2)c2nc(NC(=O)C3CC3)[nH]c12. The Bertz CT molecular complexity index is 790. The lowest BCUT2D eigenvalue weighted by molar-refractivity contribution is -0.117. The van der Waals surface area contributed by atoms with Gasteiger partial charge in [-0.1, -0.05) is 6.08 Å². The van der Waals surface area contributed by atoms with Gasteiger partial charge in [0.25, 0.3) is 0 Å². The van der Waals surface area contributed by atoms with Crippen LogP contribution in [0.3, 0.4) is 0 Å². The Balaban J connectivity index is 1.76. The summed E-state index contributed by atoms with van der Waals surface area (Å²) in [6.45, 7) is 1.34. The minimum atomic E-state index is 0.0369. The molecule has 6 nitrogen and oxygen atoms in total. The Morgan fingerprint density at radius 1 is 1.43 bits per heavy atom. The third-order valence-corrected chi connectivity index (χ3v) is 4.33. The second-order valence-electron chi connectivity index (χ2n) is 5.94. The van der Waals surface area contributed by atoms with Gasteiger partial charge in [-0.3, -0.25) is 10.1 Å². The van der Waals surface area contributed by atoms with Crippen molar-refractivity contribution >= 4 is 28.5 Å². The first-order valence-electron chi connectivity index (χ1n) is 7.91. The first kappa shape index (κ1) is 14.3.